The fraction of sp³-hybridized carbons (Fsp3) is 0.875. The van der Waals surface area contributed by atoms with Crippen molar-refractivity contribution in [3.63, 3.8) is 0 Å². The third-order valence-corrected chi connectivity index (χ3v) is 4.48. The van der Waals surface area contributed by atoms with Gasteiger partial charge in [0, 0.05) is 6.54 Å². The van der Waals surface area contributed by atoms with Crippen LogP contribution in [0.3, 0.4) is 0 Å². The van der Waals surface area contributed by atoms with Crippen LogP contribution in [0.1, 0.15) is 47.0 Å². The molecule has 0 aromatic rings. The van der Waals surface area contributed by atoms with Gasteiger partial charge in [-0.1, -0.05) is 0 Å². The number of hydrogen-bond donors (Lipinski definition) is 1. The Hall–Kier alpha value is -0.750. The van der Waals surface area contributed by atoms with E-state index in [-0.39, 0.29) is 31.4 Å². The Kier molecular flexibility index (Phi) is 6.74. The maximum absolute atomic E-state index is 12.3. The van der Waals surface area contributed by atoms with Crippen molar-refractivity contribution in [2.24, 2.45) is 11.8 Å². The molecule has 2 heterocycles. The fourth-order valence-electron chi connectivity index (χ4n) is 3.43. The molecule has 22 heavy (non-hydrogen) atoms. The van der Waals surface area contributed by atoms with Crippen molar-refractivity contribution < 1.29 is 14.3 Å². The van der Waals surface area contributed by atoms with E-state index in [1.807, 2.05) is 20.8 Å². The van der Waals surface area contributed by atoms with Crippen LogP contribution < -0.4 is 5.32 Å². The molecule has 2 aliphatic rings. The van der Waals surface area contributed by atoms with Crippen molar-refractivity contribution in [2.45, 2.75) is 58.6 Å². The van der Waals surface area contributed by atoms with Crippen molar-refractivity contribution in [3.05, 3.63) is 0 Å². The van der Waals surface area contributed by atoms with Gasteiger partial charge in [0.25, 0.3) is 0 Å². The van der Waals surface area contributed by atoms with Gasteiger partial charge in [0.2, 0.25) is 0 Å². The molecule has 1 unspecified atom stereocenters. The number of carbonyl (C=O) groups excluding carboxylic acids is 2. The number of amides is 1. The quantitative estimate of drug-likeness (QED) is 0.844. The summed E-state index contributed by atoms with van der Waals surface area (Å²) in [7, 11) is 0. The molecule has 0 saturated carbocycles. The summed E-state index contributed by atoms with van der Waals surface area (Å²) in [6.07, 6.45) is 2.72. The zero-order valence-corrected chi connectivity index (χ0v) is 15.1. The van der Waals surface area contributed by atoms with Gasteiger partial charge in [-0.25, -0.2) is 4.79 Å². The van der Waals surface area contributed by atoms with Gasteiger partial charge in [-0.05, 0) is 71.9 Å². The van der Waals surface area contributed by atoms with Crippen molar-refractivity contribution in [1.29, 1.82) is 0 Å². The Balaban J connectivity index is 0.00000242. The van der Waals surface area contributed by atoms with E-state index in [0.29, 0.717) is 18.4 Å². The molecule has 1 N–H and O–H groups in total. The fourth-order valence-corrected chi connectivity index (χ4v) is 3.43. The monoisotopic (exact) mass is 330 g/mol. The lowest BCUT2D eigenvalue weighted by atomic mass is 9.83. The summed E-state index contributed by atoms with van der Waals surface area (Å²) >= 11 is 0. The molecule has 1 amide bonds. The van der Waals surface area contributed by atoms with Crippen LogP contribution in [-0.4, -0.2) is 48.1 Å². The van der Waals surface area contributed by atoms with Crippen LogP contribution in [0.4, 0.5) is 4.79 Å². The number of rotatable bonds is 2. The van der Waals surface area contributed by atoms with Crippen molar-refractivity contribution in [1.82, 2.24) is 10.2 Å². The highest BCUT2D eigenvalue weighted by Crippen LogP contribution is 2.34. The molecule has 2 fully saturated rings. The second-order valence-corrected chi connectivity index (χ2v) is 7.34. The second-order valence-electron chi connectivity index (χ2n) is 7.34. The zero-order valence-electron chi connectivity index (χ0n) is 14.1. The summed E-state index contributed by atoms with van der Waals surface area (Å²) in [6.45, 7) is 9.88. The number of hydrogen-bond acceptors (Lipinski definition) is 4. The Bertz CT molecular complexity index is 403. The molecule has 2 saturated heterocycles. The maximum atomic E-state index is 12.3. The zero-order chi connectivity index (χ0) is 15.6. The molecule has 0 radical (unpaired) electrons. The first-order valence-electron chi connectivity index (χ1n) is 7.98. The van der Waals surface area contributed by atoms with Crippen LogP contribution in [0.15, 0.2) is 0 Å². The molecule has 0 aromatic heterocycles. The molecule has 2 atom stereocenters. The first kappa shape index (κ1) is 19.3. The van der Waals surface area contributed by atoms with E-state index in [4.69, 9.17) is 4.74 Å². The Morgan fingerprint density at radius 2 is 1.73 bits per heavy atom. The highest BCUT2D eigenvalue weighted by atomic mass is 32.1. The van der Waals surface area contributed by atoms with E-state index in [9.17, 15) is 9.59 Å². The topological polar surface area (TPSA) is 58.6 Å². The van der Waals surface area contributed by atoms with E-state index >= 15 is 0 Å². The van der Waals surface area contributed by atoms with Crippen molar-refractivity contribution >= 4 is 25.4 Å². The van der Waals surface area contributed by atoms with Crippen LogP contribution in [0.5, 0.6) is 0 Å². The Morgan fingerprint density at radius 1 is 1.14 bits per heavy atom. The number of piperidine rings is 1. The Labute approximate surface area is 140 Å². The summed E-state index contributed by atoms with van der Waals surface area (Å²) in [5.74, 6) is 1.10. The van der Waals surface area contributed by atoms with Crippen molar-refractivity contribution in [2.75, 3.05) is 19.6 Å². The van der Waals surface area contributed by atoms with E-state index < -0.39 is 5.60 Å². The molecule has 2 rings (SSSR count). The molecule has 128 valence electrons. The minimum atomic E-state index is -0.523. The Morgan fingerprint density at radius 3 is 2.23 bits per heavy atom. The van der Waals surface area contributed by atoms with Crippen LogP contribution in [0.25, 0.3) is 0 Å². The standard InChI is InChI=1S/C16H28N2O3.H2S/c1-11(19)14-9-13(12-5-7-17-8-6-12)10-18(14)15(20)21-16(2,3)4;/h12-14,17H,5-10H2,1-4H3;1H2/t13?,14-;/m0./s1. The smallest absolute Gasteiger partial charge is 0.410 e. The van der Waals surface area contributed by atoms with Gasteiger partial charge in [0.15, 0.2) is 5.78 Å². The van der Waals surface area contributed by atoms with Gasteiger partial charge < -0.3 is 10.1 Å². The highest BCUT2D eigenvalue weighted by molar-refractivity contribution is 7.59. The van der Waals surface area contributed by atoms with Crippen LogP contribution >= 0.6 is 13.5 Å². The van der Waals surface area contributed by atoms with Gasteiger partial charge in [-0.3, -0.25) is 9.69 Å². The summed E-state index contributed by atoms with van der Waals surface area (Å²) < 4.78 is 5.46. The van der Waals surface area contributed by atoms with Crippen LogP contribution in [-0.2, 0) is 9.53 Å². The molecular formula is C16H30N2O3S. The van der Waals surface area contributed by atoms with Crippen molar-refractivity contribution in [3.8, 4) is 0 Å². The first-order valence-corrected chi connectivity index (χ1v) is 7.98. The molecular weight excluding hydrogens is 300 g/mol. The average molecular weight is 330 g/mol. The van der Waals surface area contributed by atoms with E-state index in [1.165, 1.54) is 0 Å². The van der Waals surface area contributed by atoms with Crippen LogP contribution in [0.2, 0.25) is 0 Å². The molecule has 0 spiro atoms. The van der Waals surface area contributed by atoms with E-state index in [2.05, 4.69) is 5.32 Å². The highest BCUT2D eigenvalue weighted by Gasteiger charge is 2.42. The molecule has 0 aromatic carbocycles. The number of nitrogens with one attached hydrogen (secondary N) is 1. The lowest BCUT2D eigenvalue weighted by molar-refractivity contribution is -0.121. The van der Waals surface area contributed by atoms with Crippen LogP contribution in [0, 0.1) is 11.8 Å². The SMILES string of the molecule is CC(=O)[C@@H]1CC(C2CCNCC2)CN1C(=O)OC(C)(C)C.S. The first-order chi connectivity index (χ1) is 9.78. The molecule has 0 aliphatic carbocycles. The summed E-state index contributed by atoms with van der Waals surface area (Å²) in [5, 5.41) is 3.37. The number of Topliss-reactive ketones (excluding diaryl/α,β-unsaturated/α-hetero) is 1. The predicted octanol–water partition coefficient (Wildman–Crippen LogP) is 2.31. The molecule has 5 nitrogen and oxygen atoms in total. The minimum absolute atomic E-state index is 0. The van der Waals surface area contributed by atoms with Gasteiger partial charge >= 0.3 is 6.09 Å². The average Bonchev–Trinajstić information content (AvgIpc) is 2.83. The number of nitrogens with zero attached hydrogens (tertiary/aromatic N) is 1. The largest absolute Gasteiger partial charge is 0.444 e. The molecule has 6 heteroatoms. The number of ether oxygens (including phenoxy) is 1. The van der Waals surface area contributed by atoms with Gasteiger partial charge in [-0.2, -0.15) is 13.5 Å². The van der Waals surface area contributed by atoms with E-state index in [0.717, 1.165) is 32.4 Å². The summed E-state index contributed by atoms with van der Waals surface area (Å²) in [4.78, 5) is 25.9. The lowest BCUT2D eigenvalue weighted by Gasteiger charge is -2.29. The van der Waals surface area contributed by atoms with Gasteiger partial charge in [0.1, 0.15) is 5.60 Å². The second kappa shape index (κ2) is 7.68. The molecule has 0 bridgehead atoms. The summed E-state index contributed by atoms with van der Waals surface area (Å²) in [5.41, 5.74) is -0.523. The normalized spacial score (nSPS) is 26.5. The number of likely N-dealkylation sites (tertiary alicyclic amines) is 1. The number of ketones is 1. The number of carbonyl (C=O) groups is 2. The minimum Gasteiger partial charge on any atom is -0.444 e. The van der Waals surface area contributed by atoms with Gasteiger partial charge in [0.05, 0.1) is 6.04 Å². The van der Waals surface area contributed by atoms with Gasteiger partial charge in [-0.15, -0.1) is 0 Å². The maximum Gasteiger partial charge on any atom is 0.410 e. The third kappa shape index (κ3) is 4.88. The third-order valence-electron chi connectivity index (χ3n) is 4.48. The predicted molar refractivity (Wildman–Crippen MR) is 91.5 cm³/mol. The lowest BCUT2D eigenvalue weighted by Crippen LogP contribution is -2.43. The molecule has 2 aliphatic heterocycles. The van der Waals surface area contributed by atoms with E-state index in [1.54, 1.807) is 11.8 Å². The summed E-state index contributed by atoms with van der Waals surface area (Å²) in [6, 6.07) is -0.306.